The lowest BCUT2D eigenvalue weighted by Gasteiger charge is -2.21. The Morgan fingerprint density at radius 2 is 2.30 bits per heavy atom. The normalized spacial score (nSPS) is 19.4. The Balaban J connectivity index is 1.71. The standard InChI is InChI=1S/C16H21N3O/c1-19-16-7-3-2-6-14(16)15(18-19)10-13(20)9-12-5-4-8-17-11-12/h2-3,6-7,12,17H,4-5,8-11H2,1H3. The molecule has 20 heavy (non-hydrogen) atoms. The van der Waals surface area contributed by atoms with E-state index in [0.29, 0.717) is 24.5 Å². The third-order valence-corrected chi connectivity index (χ3v) is 4.11. The second kappa shape index (κ2) is 5.75. The van der Waals surface area contributed by atoms with Crippen molar-refractivity contribution in [2.24, 2.45) is 13.0 Å². The number of aromatic nitrogens is 2. The van der Waals surface area contributed by atoms with Crippen LogP contribution in [0.3, 0.4) is 0 Å². The molecule has 1 aromatic heterocycles. The number of hydrogen-bond donors (Lipinski definition) is 1. The van der Waals surface area contributed by atoms with E-state index in [0.717, 1.165) is 29.7 Å². The zero-order valence-corrected chi connectivity index (χ0v) is 11.9. The summed E-state index contributed by atoms with van der Waals surface area (Å²) in [4.78, 5) is 12.3. The van der Waals surface area contributed by atoms with E-state index in [-0.39, 0.29) is 0 Å². The van der Waals surface area contributed by atoms with Crippen LogP contribution in [-0.4, -0.2) is 28.7 Å². The average Bonchev–Trinajstić information content (AvgIpc) is 2.77. The zero-order valence-electron chi connectivity index (χ0n) is 11.9. The largest absolute Gasteiger partial charge is 0.316 e. The van der Waals surface area contributed by atoms with Gasteiger partial charge >= 0.3 is 0 Å². The van der Waals surface area contributed by atoms with Crippen LogP contribution in [0.15, 0.2) is 24.3 Å². The number of benzene rings is 1. The van der Waals surface area contributed by atoms with E-state index < -0.39 is 0 Å². The third kappa shape index (κ3) is 2.75. The van der Waals surface area contributed by atoms with Gasteiger partial charge in [-0.05, 0) is 37.9 Å². The Kier molecular flexibility index (Phi) is 3.83. The molecule has 1 unspecified atom stereocenters. The first kappa shape index (κ1) is 13.3. The molecule has 1 aliphatic heterocycles. The summed E-state index contributed by atoms with van der Waals surface area (Å²) in [6, 6.07) is 8.10. The molecule has 2 aromatic rings. The molecular formula is C16H21N3O. The van der Waals surface area contributed by atoms with Crippen molar-refractivity contribution in [1.82, 2.24) is 15.1 Å². The second-order valence-electron chi connectivity index (χ2n) is 5.72. The number of Topliss-reactive ketones (excluding diaryl/α,β-unsaturated/α-hetero) is 1. The van der Waals surface area contributed by atoms with Gasteiger partial charge in [0.25, 0.3) is 0 Å². The highest BCUT2D eigenvalue weighted by atomic mass is 16.1. The van der Waals surface area contributed by atoms with Crippen molar-refractivity contribution in [3.63, 3.8) is 0 Å². The van der Waals surface area contributed by atoms with Crippen molar-refractivity contribution in [3.05, 3.63) is 30.0 Å². The van der Waals surface area contributed by atoms with Crippen LogP contribution in [0.2, 0.25) is 0 Å². The molecule has 4 heteroatoms. The van der Waals surface area contributed by atoms with Gasteiger partial charge in [-0.25, -0.2) is 0 Å². The van der Waals surface area contributed by atoms with Crippen molar-refractivity contribution >= 4 is 16.7 Å². The highest BCUT2D eigenvalue weighted by Crippen LogP contribution is 2.20. The summed E-state index contributed by atoms with van der Waals surface area (Å²) in [7, 11) is 1.93. The molecule has 106 valence electrons. The zero-order chi connectivity index (χ0) is 13.9. The fourth-order valence-corrected chi connectivity index (χ4v) is 3.10. The summed E-state index contributed by atoms with van der Waals surface area (Å²) in [5.74, 6) is 0.814. The molecule has 4 nitrogen and oxygen atoms in total. The summed E-state index contributed by atoms with van der Waals surface area (Å²) in [5.41, 5.74) is 2.01. The quantitative estimate of drug-likeness (QED) is 0.926. The number of carbonyl (C=O) groups is 1. The first-order valence-corrected chi connectivity index (χ1v) is 7.37. The van der Waals surface area contributed by atoms with E-state index in [1.807, 2.05) is 36.0 Å². The van der Waals surface area contributed by atoms with Crippen LogP contribution < -0.4 is 5.32 Å². The van der Waals surface area contributed by atoms with E-state index in [2.05, 4.69) is 10.4 Å². The van der Waals surface area contributed by atoms with Crippen LogP contribution in [0.1, 0.15) is 25.0 Å². The fraction of sp³-hybridized carbons (Fsp3) is 0.500. The molecule has 1 aliphatic rings. The molecule has 1 N–H and O–H groups in total. The summed E-state index contributed by atoms with van der Waals surface area (Å²) in [5, 5.41) is 8.97. The minimum atomic E-state index is 0.308. The predicted molar refractivity (Wildman–Crippen MR) is 79.6 cm³/mol. The van der Waals surface area contributed by atoms with Crippen LogP contribution in [0.4, 0.5) is 0 Å². The van der Waals surface area contributed by atoms with Gasteiger partial charge in [-0.1, -0.05) is 18.2 Å². The number of carbonyl (C=O) groups excluding carboxylic acids is 1. The number of hydrogen-bond acceptors (Lipinski definition) is 3. The Bertz CT molecular complexity index is 611. The highest BCUT2D eigenvalue weighted by molar-refractivity contribution is 5.88. The molecule has 1 fully saturated rings. The van der Waals surface area contributed by atoms with Crippen LogP contribution in [-0.2, 0) is 18.3 Å². The average molecular weight is 271 g/mol. The molecule has 0 spiro atoms. The lowest BCUT2D eigenvalue weighted by Crippen LogP contribution is -2.31. The topological polar surface area (TPSA) is 46.9 Å². The molecule has 0 amide bonds. The third-order valence-electron chi connectivity index (χ3n) is 4.11. The van der Waals surface area contributed by atoms with Crippen LogP contribution in [0.5, 0.6) is 0 Å². The van der Waals surface area contributed by atoms with Gasteiger partial charge in [0.1, 0.15) is 5.78 Å². The van der Waals surface area contributed by atoms with Gasteiger partial charge in [0.15, 0.2) is 0 Å². The summed E-state index contributed by atoms with van der Waals surface area (Å²) < 4.78 is 1.86. The number of fused-ring (bicyclic) bond motifs is 1. The van der Waals surface area contributed by atoms with Gasteiger partial charge in [-0.15, -0.1) is 0 Å². The Morgan fingerprint density at radius 1 is 1.45 bits per heavy atom. The number of aryl methyl sites for hydroxylation is 1. The highest BCUT2D eigenvalue weighted by Gasteiger charge is 2.18. The molecule has 0 aliphatic carbocycles. The van der Waals surface area contributed by atoms with E-state index in [4.69, 9.17) is 0 Å². The van der Waals surface area contributed by atoms with Gasteiger partial charge in [0.2, 0.25) is 0 Å². The maximum atomic E-state index is 12.3. The van der Waals surface area contributed by atoms with Crippen molar-refractivity contribution < 1.29 is 4.79 Å². The van der Waals surface area contributed by atoms with Crippen LogP contribution in [0.25, 0.3) is 10.9 Å². The lowest BCUT2D eigenvalue weighted by molar-refractivity contribution is -0.119. The predicted octanol–water partition coefficient (Wildman–Crippen LogP) is 2.07. The smallest absolute Gasteiger partial charge is 0.139 e. The molecule has 1 saturated heterocycles. The molecular weight excluding hydrogens is 250 g/mol. The first-order valence-electron chi connectivity index (χ1n) is 7.37. The molecule has 0 bridgehead atoms. The van der Waals surface area contributed by atoms with Crippen LogP contribution >= 0.6 is 0 Å². The molecule has 1 aromatic carbocycles. The van der Waals surface area contributed by atoms with Crippen LogP contribution in [0, 0.1) is 5.92 Å². The van der Waals surface area contributed by atoms with E-state index in [1.54, 1.807) is 0 Å². The summed E-state index contributed by atoms with van der Waals surface area (Å²) in [6.45, 7) is 2.07. The number of nitrogens with zero attached hydrogens (tertiary/aromatic N) is 2. The number of nitrogens with one attached hydrogen (secondary N) is 1. The molecule has 2 heterocycles. The van der Waals surface area contributed by atoms with Gasteiger partial charge in [0.05, 0.1) is 17.6 Å². The molecule has 0 saturated carbocycles. The van der Waals surface area contributed by atoms with Gasteiger partial charge in [-0.2, -0.15) is 5.10 Å². The minimum Gasteiger partial charge on any atom is -0.316 e. The Morgan fingerprint density at radius 3 is 3.10 bits per heavy atom. The first-order chi connectivity index (χ1) is 9.74. The number of para-hydroxylation sites is 1. The van der Waals surface area contributed by atoms with Crippen molar-refractivity contribution in [2.75, 3.05) is 13.1 Å². The number of ketones is 1. The van der Waals surface area contributed by atoms with E-state index >= 15 is 0 Å². The number of piperidine rings is 1. The van der Waals surface area contributed by atoms with E-state index in [9.17, 15) is 4.79 Å². The van der Waals surface area contributed by atoms with Gasteiger partial charge < -0.3 is 5.32 Å². The maximum Gasteiger partial charge on any atom is 0.139 e. The maximum absolute atomic E-state index is 12.3. The fourth-order valence-electron chi connectivity index (χ4n) is 3.10. The SMILES string of the molecule is Cn1nc(CC(=O)CC2CCCNC2)c2ccccc21. The van der Waals surface area contributed by atoms with Gasteiger partial charge in [-0.3, -0.25) is 9.48 Å². The Labute approximate surface area is 119 Å². The molecule has 3 rings (SSSR count). The number of rotatable bonds is 4. The minimum absolute atomic E-state index is 0.308. The summed E-state index contributed by atoms with van der Waals surface area (Å²) in [6.07, 6.45) is 3.49. The van der Waals surface area contributed by atoms with Crippen molar-refractivity contribution in [1.29, 1.82) is 0 Å². The lowest BCUT2D eigenvalue weighted by atomic mass is 9.92. The van der Waals surface area contributed by atoms with Crippen molar-refractivity contribution in [3.8, 4) is 0 Å². The Hall–Kier alpha value is -1.68. The second-order valence-corrected chi connectivity index (χ2v) is 5.72. The molecule has 1 atom stereocenters. The van der Waals surface area contributed by atoms with E-state index in [1.165, 1.54) is 12.8 Å². The summed E-state index contributed by atoms with van der Waals surface area (Å²) >= 11 is 0. The van der Waals surface area contributed by atoms with Gasteiger partial charge in [0, 0.05) is 18.9 Å². The monoisotopic (exact) mass is 271 g/mol. The van der Waals surface area contributed by atoms with Crippen molar-refractivity contribution in [2.45, 2.75) is 25.7 Å². The molecule has 0 radical (unpaired) electrons.